The molecule has 0 spiro atoms. The van der Waals surface area contributed by atoms with Gasteiger partial charge in [0.25, 0.3) is 0 Å². The fraction of sp³-hybridized carbons (Fsp3) is 0.400. The molecular weight excluding hydrogens is 243 g/mol. The summed E-state index contributed by atoms with van der Waals surface area (Å²) >= 11 is 0. The van der Waals surface area contributed by atoms with Crippen LogP contribution in [-0.4, -0.2) is 30.4 Å². The van der Waals surface area contributed by atoms with Crippen LogP contribution in [0.3, 0.4) is 0 Å². The highest BCUT2D eigenvalue weighted by Gasteiger charge is 2.27. The minimum Gasteiger partial charge on any atom is -0.344 e. The second kappa shape index (κ2) is 6.35. The monoisotopic (exact) mass is 260 g/mol. The maximum absolute atomic E-state index is 12.9. The van der Waals surface area contributed by atoms with E-state index in [9.17, 15) is 9.18 Å². The third-order valence-electron chi connectivity index (χ3n) is 3.35. The van der Waals surface area contributed by atoms with E-state index in [2.05, 4.69) is 16.1 Å². The molecule has 1 saturated heterocycles. The Morgan fingerprint density at radius 2 is 2.21 bits per heavy atom. The Morgan fingerprint density at radius 3 is 2.89 bits per heavy atom. The molecule has 2 rings (SSSR count). The molecule has 1 fully saturated rings. The Labute approximate surface area is 112 Å². The maximum atomic E-state index is 12.9. The van der Waals surface area contributed by atoms with Gasteiger partial charge in [0.05, 0.1) is 13.1 Å². The lowest BCUT2D eigenvalue weighted by Gasteiger charge is -2.24. The van der Waals surface area contributed by atoms with Crippen molar-refractivity contribution in [1.29, 1.82) is 0 Å². The maximum Gasteiger partial charge on any atom is 0.234 e. The summed E-state index contributed by atoms with van der Waals surface area (Å²) in [5, 5.41) is 2.66. The minimum absolute atomic E-state index is 0.0630. The molecule has 0 aromatic heterocycles. The number of benzene rings is 1. The first-order valence-electron chi connectivity index (χ1n) is 6.40. The van der Waals surface area contributed by atoms with Crippen LogP contribution in [0.4, 0.5) is 4.39 Å². The number of nitrogens with one attached hydrogen (secondary N) is 1. The zero-order valence-corrected chi connectivity index (χ0v) is 10.7. The molecule has 1 aliphatic heterocycles. The number of hydrogen-bond donors (Lipinski definition) is 1. The van der Waals surface area contributed by atoms with E-state index >= 15 is 0 Å². The summed E-state index contributed by atoms with van der Waals surface area (Å²) in [6, 6.07) is 6.70. The highest BCUT2D eigenvalue weighted by atomic mass is 19.1. The molecule has 3 nitrogen and oxygen atoms in total. The minimum atomic E-state index is -0.236. The van der Waals surface area contributed by atoms with E-state index in [1.54, 1.807) is 12.1 Å². The van der Waals surface area contributed by atoms with E-state index < -0.39 is 0 Å². The van der Waals surface area contributed by atoms with Gasteiger partial charge in [-0.05, 0) is 37.1 Å². The summed E-state index contributed by atoms with van der Waals surface area (Å²) in [6.07, 6.45) is 7.14. The number of nitrogens with zero attached hydrogens (tertiary/aromatic N) is 1. The number of halogens is 1. The van der Waals surface area contributed by atoms with E-state index in [0.717, 1.165) is 24.9 Å². The summed E-state index contributed by atoms with van der Waals surface area (Å²) in [4.78, 5) is 13.8. The van der Waals surface area contributed by atoms with Gasteiger partial charge < -0.3 is 5.32 Å². The quantitative estimate of drug-likeness (QED) is 0.836. The zero-order chi connectivity index (χ0) is 13.7. The molecule has 0 aliphatic carbocycles. The van der Waals surface area contributed by atoms with Crippen LogP contribution in [0, 0.1) is 18.2 Å². The Morgan fingerprint density at radius 1 is 1.47 bits per heavy atom. The van der Waals surface area contributed by atoms with Gasteiger partial charge in [-0.15, -0.1) is 6.42 Å². The van der Waals surface area contributed by atoms with Crippen LogP contribution in [0.25, 0.3) is 0 Å². The van der Waals surface area contributed by atoms with E-state index in [1.807, 2.05) is 0 Å². The Kier molecular flexibility index (Phi) is 4.53. The standard InChI is InChI=1S/C15H17FN2O/c1-2-9-17-15(19)11-18-10-3-4-14(18)12-5-7-13(16)8-6-12/h1,5-8,14H,3-4,9-11H2,(H,17,19). The van der Waals surface area contributed by atoms with Gasteiger partial charge in [0.2, 0.25) is 5.91 Å². The SMILES string of the molecule is C#CCNC(=O)CN1CCCC1c1ccc(F)cc1. The van der Waals surface area contributed by atoms with Crippen LogP contribution >= 0.6 is 0 Å². The number of rotatable bonds is 4. The average Bonchev–Trinajstić information content (AvgIpc) is 2.85. The van der Waals surface area contributed by atoms with Gasteiger partial charge in [-0.1, -0.05) is 18.1 Å². The summed E-state index contributed by atoms with van der Waals surface area (Å²) < 4.78 is 12.9. The largest absolute Gasteiger partial charge is 0.344 e. The Hall–Kier alpha value is -1.86. The molecule has 1 N–H and O–H groups in total. The molecule has 0 bridgehead atoms. The van der Waals surface area contributed by atoms with Crippen molar-refractivity contribution in [3.05, 3.63) is 35.6 Å². The molecule has 0 radical (unpaired) electrons. The first-order chi connectivity index (χ1) is 9.20. The van der Waals surface area contributed by atoms with Crippen molar-refractivity contribution in [1.82, 2.24) is 10.2 Å². The zero-order valence-electron chi connectivity index (χ0n) is 10.7. The van der Waals surface area contributed by atoms with Gasteiger partial charge in [0, 0.05) is 6.04 Å². The molecular formula is C15H17FN2O. The first-order valence-corrected chi connectivity index (χ1v) is 6.40. The van der Waals surface area contributed by atoms with Gasteiger partial charge in [-0.2, -0.15) is 0 Å². The number of carbonyl (C=O) groups excluding carboxylic acids is 1. The fourth-order valence-corrected chi connectivity index (χ4v) is 2.47. The number of hydrogen-bond acceptors (Lipinski definition) is 2. The molecule has 1 aromatic rings. The normalized spacial score (nSPS) is 19.1. The molecule has 1 aliphatic rings. The Bertz CT molecular complexity index is 478. The van der Waals surface area contributed by atoms with Crippen molar-refractivity contribution in [2.24, 2.45) is 0 Å². The lowest BCUT2D eigenvalue weighted by molar-refractivity contribution is -0.122. The lowest BCUT2D eigenvalue weighted by atomic mass is 10.0. The van der Waals surface area contributed by atoms with Crippen molar-refractivity contribution in [3.8, 4) is 12.3 Å². The molecule has 1 amide bonds. The van der Waals surface area contributed by atoms with Crippen LogP contribution in [0.5, 0.6) is 0 Å². The third kappa shape index (κ3) is 3.55. The van der Waals surface area contributed by atoms with Gasteiger partial charge in [0.15, 0.2) is 0 Å². The van der Waals surface area contributed by atoms with Crippen LogP contribution < -0.4 is 5.32 Å². The number of carbonyl (C=O) groups is 1. The molecule has 0 saturated carbocycles. The highest BCUT2D eigenvalue weighted by Crippen LogP contribution is 2.31. The van der Waals surface area contributed by atoms with E-state index in [1.165, 1.54) is 12.1 Å². The van der Waals surface area contributed by atoms with Crippen LogP contribution in [0.1, 0.15) is 24.4 Å². The summed E-state index contributed by atoms with van der Waals surface area (Å²) in [5.41, 5.74) is 1.06. The number of amides is 1. The summed E-state index contributed by atoms with van der Waals surface area (Å²) in [5.74, 6) is 2.08. The molecule has 1 heterocycles. The van der Waals surface area contributed by atoms with Crippen LogP contribution in [0.15, 0.2) is 24.3 Å². The topological polar surface area (TPSA) is 32.3 Å². The predicted octanol–water partition coefficient (Wildman–Crippen LogP) is 1.71. The summed E-state index contributed by atoms with van der Waals surface area (Å²) in [7, 11) is 0. The fourth-order valence-electron chi connectivity index (χ4n) is 2.47. The molecule has 1 atom stereocenters. The first kappa shape index (κ1) is 13.6. The number of likely N-dealkylation sites (tertiary alicyclic amines) is 1. The van der Waals surface area contributed by atoms with Crippen molar-refractivity contribution >= 4 is 5.91 Å². The Balaban J connectivity index is 1.99. The molecule has 100 valence electrons. The van der Waals surface area contributed by atoms with Gasteiger partial charge in [-0.3, -0.25) is 9.69 Å². The van der Waals surface area contributed by atoms with E-state index in [4.69, 9.17) is 6.42 Å². The van der Waals surface area contributed by atoms with Crippen LogP contribution in [-0.2, 0) is 4.79 Å². The van der Waals surface area contributed by atoms with Gasteiger partial charge in [0.1, 0.15) is 5.82 Å². The highest BCUT2D eigenvalue weighted by molar-refractivity contribution is 5.78. The van der Waals surface area contributed by atoms with Crippen molar-refractivity contribution < 1.29 is 9.18 Å². The second-order valence-corrected chi connectivity index (χ2v) is 4.66. The van der Waals surface area contributed by atoms with Crippen LogP contribution in [0.2, 0.25) is 0 Å². The van der Waals surface area contributed by atoms with Crippen molar-refractivity contribution in [2.75, 3.05) is 19.6 Å². The summed E-state index contributed by atoms with van der Waals surface area (Å²) in [6.45, 7) is 1.48. The molecule has 19 heavy (non-hydrogen) atoms. The lowest BCUT2D eigenvalue weighted by Crippen LogP contribution is -2.37. The van der Waals surface area contributed by atoms with E-state index in [-0.39, 0.29) is 24.3 Å². The molecule has 4 heteroatoms. The average molecular weight is 260 g/mol. The molecule has 1 unspecified atom stereocenters. The second-order valence-electron chi connectivity index (χ2n) is 4.66. The van der Waals surface area contributed by atoms with Crippen molar-refractivity contribution in [3.63, 3.8) is 0 Å². The smallest absolute Gasteiger partial charge is 0.234 e. The van der Waals surface area contributed by atoms with E-state index in [0.29, 0.717) is 6.54 Å². The van der Waals surface area contributed by atoms with Crippen molar-refractivity contribution in [2.45, 2.75) is 18.9 Å². The van der Waals surface area contributed by atoms with Gasteiger partial charge in [-0.25, -0.2) is 4.39 Å². The third-order valence-corrected chi connectivity index (χ3v) is 3.35. The molecule has 1 aromatic carbocycles. The predicted molar refractivity (Wildman–Crippen MR) is 71.8 cm³/mol. The number of terminal acetylenes is 1. The van der Waals surface area contributed by atoms with Gasteiger partial charge >= 0.3 is 0 Å².